The monoisotopic (exact) mass is 272 g/mol. The number of rotatable bonds is 7. The van der Waals surface area contributed by atoms with E-state index in [1.165, 1.54) is 0 Å². The van der Waals surface area contributed by atoms with Crippen LogP contribution >= 0.6 is 0 Å². The first kappa shape index (κ1) is 15.9. The van der Waals surface area contributed by atoms with Crippen molar-refractivity contribution in [3.05, 3.63) is 0 Å². The molecule has 0 spiro atoms. The van der Waals surface area contributed by atoms with Gasteiger partial charge in [0.05, 0.1) is 11.3 Å². The smallest absolute Gasteiger partial charge is 0.308 e. The summed E-state index contributed by atoms with van der Waals surface area (Å²) in [4.78, 5) is 23.3. The number of carboxylic acids is 1. The van der Waals surface area contributed by atoms with Gasteiger partial charge in [0.25, 0.3) is 0 Å². The quantitative estimate of drug-likeness (QED) is 0.621. The minimum Gasteiger partial charge on any atom is -0.481 e. The molecule has 1 aliphatic rings. The van der Waals surface area contributed by atoms with Crippen LogP contribution in [0.15, 0.2) is 0 Å². The number of carbonyl (C=O) groups excluding carboxylic acids is 1. The third kappa shape index (κ3) is 4.18. The van der Waals surface area contributed by atoms with Crippen LogP contribution in [-0.2, 0) is 14.3 Å². The molecule has 4 N–H and O–H groups in total. The van der Waals surface area contributed by atoms with Crippen molar-refractivity contribution in [3.8, 4) is 0 Å². The lowest BCUT2D eigenvalue weighted by Gasteiger charge is -2.34. The van der Waals surface area contributed by atoms with Crippen molar-refractivity contribution in [2.24, 2.45) is 17.1 Å². The van der Waals surface area contributed by atoms with E-state index >= 15 is 0 Å². The van der Waals surface area contributed by atoms with E-state index in [-0.39, 0.29) is 19.0 Å². The Kier molecular flexibility index (Phi) is 6.24. The first-order valence-electron chi connectivity index (χ1n) is 6.84. The van der Waals surface area contributed by atoms with E-state index in [1.807, 2.05) is 6.92 Å². The Balaban J connectivity index is 2.54. The van der Waals surface area contributed by atoms with Crippen molar-refractivity contribution in [2.45, 2.75) is 32.6 Å². The van der Waals surface area contributed by atoms with Gasteiger partial charge in [-0.2, -0.15) is 0 Å². The molecule has 110 valence electrons. The Hall–Kier alpha value is -1.14. The van der Waals surface area contributed by atoms with Gasteiger partial charge in [0.15, 0.2) is 0 Å². The molecule has 6 heteroatoms. The van der Waals surface area contributed by atoms with Crippen LogP contribution in [0.25, 0.3) is 0 Å². The fraction of sp³-hybridized carbons (Fsp3) is 0.846. The molecule has 1 rings (SSSR count). The average Bonchev–Trinajstić information content (AvgIpc) is 2.43. The molecule has 0 saturated carbocycles. The zero-order chi connectivity index (χ0) is 14.3. The van der Waals surface area contributed by atoms with Crippen molar-refractivity contribution in [3.63, 3.8) is 0 Å². The predicted molar refractivity (Wildman–Crippen MR) is 70.6 cm³/mol. The summed E-state index contributed by atoms with van der Waals surface area (Å²) in [6, 6.07) is 0. The lowest BCUT2D eigenvalue weighted by atomic mass is 9.79. The van der Waals surface area contributed by atoms with Gasteiger partial charge in [-0.05, 0) is 19.3 Å². The molecule has 1 saturated heterocycles. The van der Waals surface area contributed by atoms with E-state index in [9.17, 15) is 9.59 Å². The zero-order valence-electron chi connectivity index (χ0n) is 11.5. The third-order valence-electron chi connectivity index (χ3n) is 3.82. The summed E-state index contributed by atoms with van der Waals surface area (Å²) in [5.74, 6) is -1.53. The van der Waals surface area contributed by atoms with Crippen LogP contribution in [0, 0.1) is 11.3 Å². The van der Waals surface area contributed by atoms with Crippen LogP contribution < -0.4 is 11.1 Å². The molecule has 0 aliphatic carbocycles. The number of hydrogen-bond acceptors (Lipinski definition) is 4. The highest BCUT2D eigenvalue weighted by molar-refractivity contribution is 5.83. The Bertz CT molecular complexity index is 314. The number of aliphatic carboxylic acids is 1. The Morgan fingerprint density at radius 1 is 1.42 bits per heavy atom. The molecule has 1 aliphatic heterocycles. The maximum atomic E-state index is 12.2. The summed E-state index contributed by atoms with van der Waals surface area (Å²) < 4.78 is 5.25. The van der Waals surface area contributed by atoms with Gasteiger partial charge in [-0.1, -0.05) is 13.3 Å². The van der Waals surface area contributed by atoms with Crippen molar-refractivity contribution >= 4 is 11.9 Å². The highest BCUT2D eigenvalue weighted by Crippen LogP contribution is 2.29. The lowest BCUT2D eigenvalue weighted by Crippen LogP contribution is -2.50. The topological polar surface area (TPSA) is 102 Å². The van der Waals surface area contributed by atoms with E-state index in [1.54, 1.807) is 0 Å². The van der Waals surface area contributed by atoms with E-state index in [4.69, 9.17) is 15.6 Å². The second kappa shape index (κ2) is 7.45. The van der Waals surface area contributed by atoms with Crippen LogP contribution in [0.4, 0.5) is 0 Å². The van der Waals surface area contributed by atoms with Crippen molar-refractivity contribution in [1.29, 1.82) is 0 Å². The van der Waals surface area contributed by atoms with Crippen LogP contribution in [0.3, 0.4) is 0 Å². The third-order valence-corrected chi connectivity index (χ3v) is 3.82. The first-order valence-corrected chi connectivity index (χ1v) is 6.84. The molecule has 0 aromatic rings. The normalized spacial score (nSPS) is 19.7. The minimum absolute atomic E-state index is 0.138. The molecule has 0 bridgehead atoms. The molecule has 6 nitrogen and oxygen atoms in total. The molecule has 0 aromatic carbocycles. The zero-order valence-corrected chi connectivity index (χ0v) is 11.5. The number of nitrogens with two attached hydrogens (primary N) is 1. The molecule has 1 fully saturated rings. The second-order valence-corrected chi connectivity index (χ2v) is 5.13. The summed E-state index contributed by atoms with van der Waals surface area (Å²) in [7, 11) is 0. The van der Waals surface area contributed by atoms with Crippen LogP contribution in [0.1, 0.15) is 32.6 Å². The Morgan fingerprint density at radius 3 is 2.53 bits per heavy atom. The van der Waals surface area contributed by atoms with Gasteiger partial charge in [0.2, 0.25) is 5.91 Å². The highest BCUT2D eigenvalue weighted by Gasteiger charge is 2.38. The molecule has 0 radical (unpaired) electrons. The van der Waals surface area contributed by atoms with Gasteiger partial charge in [0.1, 0.15) is 0 Å². The molecule has 1 amide bonds. The van der Waals surface area contributed by atoms with Gasteiger partial charge < -0.3 is 20.9 Å². The first-order chi connectivity index (χ1) is 9.05. The summed E-state index contributed by atoms with van der Waals surface area (Å²) in [5.41, 5.74) is 5.14. The van der Waals surface area contributed by atoms with Gasteiger partial charge in [-0.3, -0.25) is 9.59 Å². The second-order valence-electron chi connectivity index (χ2n) is 5.13. The van der Waals surface area contributed by atoms with Crippen LogP contribution in [0.2, 0.25) is 0 Å². The molecule has 1 unspecified atom stereocenters. The van der Waals surface area contributed by atoms with Gasteiger partial charge in [-0.15, -0.1) is 0 Å². The fourth-order valence-electron chi connectivity index (χ4n) is 2.35. The maximum Gasteiger partial charge on any atom is 0.308 e. The molecule has 0 aromatic heterocycles. The fourth-order valence-corrected chi connectivity index (χ4v) is 2.35. The lowest BCUT2D eigenvalue weighted by molar-refractivity contribution is -0.142. The highest BCUT2D eigenvalue weighted by atomic mass is 16.5. The number of hydrogen-bond donors (Lipinski definition) is 3. The molecular formula is C13H24N2O4. The van der Waals surface area contributed by atoms with E-state index in [0.717, 1.165) is 6.42 Å². The summed E-state index contributed by atoms with van der Waals surface area (Å²) >= 11 is 0. The SMILES string of the molecule is CCCC(CNC(=O)C1(CN)CCOCC1)C(=O)O. The number of ether oxygens (including phenoxy) is 1. The number of carbonyl (C=O) groups is 2. The van der Waals surface area contributed by atoms with Crippen molar-refractivity contribution in [1.82, 2.24) is 5.32 Å². The van der Waals surface area contributed by atoms with Crippen molar-refractivity contribution in [2.75, 3.05) is 26.3 Å². The Morgan fingerprint density at radius 2 is 2.05 bits per heavy atom. The molecule has 1 heterocycles. The van der Waals surface area contributed by atoms with Crippen LogP contribution in [0.5, 0.6) is 0 Å². The average molecular weight is 272 g/mol. The summed E-state index contributed by atoms with van der Waals surface area (Å²) in [5, 5.41) is 11.8. The van der Waals surface area contributed by atoms with Gasteiger partial charge >= 0.3 is 5.97 Å². The van der Waals surface area contributed by atoms with Gasteiger partial charge in [-0.25, -0.2) is 0 Å². The largest absolute Gasteiger partial charge is 0.481 e. The summed E-state index contributed by atoms with van der Waals surface area (Å²) in [6.45, 7) is 3.43. The molecule has 1 atom stereocenters. The number of nitrogens with one attached hydrogen (secondary N) is 1. The maximum absolute atomic E-state index is 12.2. The molecular weight excluding hydrogens is 248 g/mol. The van der Waals surface area contributed by atoms with Crippen LogP contribution in [-0.4, -0.2) is 43.3 Å². The van der Waals surface area contributed by atoms with E-state index in [0.29, 0.717) is 32.5 Å². The van der Waals surface area contributed by atoms with E-state index < -0.39 is 17.3 Å². The molecule has 19 heavy (non-hydrogen) atoms. The Labute approximate surface area is 113 Å². The van der Waals surface area contributed by atoms with Gasteiger partial charge in [0, 0.05) is 26.3 Å². The summed E-state index contributed by atoms with van der Waals surface area (Å²) in [6.07, 6.45) is 2.54. The number of carboxylic acid groups (broad SMARTS) is 1. The standard InChI is InChI=1S/C13H24N2O4/c1-2-3-10(11(16)17)8-15-12(18)13(9-14)4-6-19-7-5-13/h10H,2-9,14H2,1H3,(H,15,18)(H,16,17). The predicted octanol–water partition coefficient (Wildman–Crippen LogP) is 0.359. The minimum atomic E-state index is -0.865. The number of amides is 1. The van der Waals surface area contributed by atoms with Crippen molar-refractivity contribution < 1.29 is 19.4 Å². The van der Waals surface area contributed by atoms with E-state index in [2.05, 4.69) is 5.32 Å².